The van der Waals surface area contributed by atoms with Crippen LogP contribution in [0.1, 0.15) is 36.2 Å². The molecule has 2 aliphatic heterocycles. The smallest absolute Gasteiger partial charge is 0.255 e. The molecule has 0 saturated carbocycles. The van der Waals surface area contributed by atoms with Gasteiger partial charge in [-0.2, -0.15) is 5.10 Å². The summed E-state index contributed by atoms with van der Waals surface area (Å²) in [5.74, 6) is 1.61. The third kappa shape index (κ3) is 2.96. The second-order valence-corrected chi connectivity index (χ2v) is 8.15. The van der Waals surface area contributed by atoms with E-state index in [1.165, 1.54) is 0 Å². The molecule has 2 aromatic heterocycles. The zero-order valence-electron chi connectivity index (χ0n) is 16.3. The Morgan fingerprint density at radius 1 is 1.11 bits per heavy atom. The van der Waals surface area contributed by atoms with Crippen LogP contribution in [0.2, 0.25) is 0 Å². The lowest BCUT2D eigenvalue weighted by Gasteiger charge is -2.41. The fourth-order valence-electron chi connectivity index (χ4n) is 4.85. The van der Waals surface area contributed by atoms with Gasteiger partial charge in [-0.3, -0.25) is 9.78 Å². The summed E-state index contributed by atoms with van der Waals surface area (Å²) in [7, 11) is 0. The van der Waals surface area contributed by atoms with Gasteiger partial charge in [0.25, 0.3) is 5.56 Å². The molecule has 5 rings (SSSR count). The van der Waals surface area contributed by atoms with Crippen molar-refractivity contribution in [3.8, 4) is 0 Å². The Kier molecular flexibility index (Phi) is 4.30. The van der Waals surface area contributed by atoms with Crippen molar-refractivity contribution in [2.45, 2.75) is 38.0 Å². The molecule has 2 saturated heterocycles. The fraction of sp³-hybridized carbons (Fsp3) is 0.600. The van der Waals surface area contributed by atoms with Gasteiger partial charge in [-0.05, 0) is 44.7 Å². The lowest BCUT2D eigenvalue weighted by atomic mass is 9.77. The molecule has 1 aliphatic carbocycles. The fourth-order valence-corrected chi connectivity index (χ4v) is 4.85. The molecule has 148 valence electrons. The molecule has 1 N–H and O–H groups in total. The van der Waals surface area contributed by atoms with Crippen LogP contribution in [0.25, 0.3) is 0 Å². The highest BCUT2D eigenvalue weighted by molar-refractivity contribution is 5.45. The number of rotatable bonds is 2. The second-order valence-electron chi connectivity index (χ2n) is 8.15. The topological polar surface area (TPSA) is 87.2 Å². The highest BCUT2D eigenvalue weighted by Crippen LogP contribution is 2.44. The Hall–Kier alpha value is -2.48. The van der Waals surface area contributed by atoms with Crippen molar-refractivity contribution >= 4 is 11.8 Å². The van der Waals surface area contributed by atoms with E-state index in [2.05, 4.69) is 25.0 Å². The average Bonchev–Trinajstić information content (AvgIpc) is 3.07. The van der Waals surface area contributed by atoms with Crippen LogP contribution in [-0.4, -0.2) is 59.6 Å². The lowest BCUT2D eigenvalue weighted by Crippen LogP contribution is -2.46. The van der Waals surface area contributed by atoms with Gasteiger partial charge in [0.1, 0.15) is 0 Å². The Morgan fingerprint density at radius 3 is 2.75 bits per heavy atom. The van der Waals surface area contributed by atoms with E-state index in [9.17, 15) is 4.79 Å². The van der Waals surface area contributed by atoms with E-state index in [1.807, 2.05) is 19.1 Å². The van der Waals surface area contributed by atoms with Gasteiger partial charge in [-0.25, -0.2) is 4.98 Å². The number of hydrogen-bond acceptors (Lipinski definition) is 7. The molecule has 2 fully saturated rings. The summed E-state index contributed by atoms with van der Waals surface area (Å²) in [5, 5.41) is 8.61. The van der Waals surface area contributed by atoms with Gasteiger partial charge in [0.2, 0.25) is 5.95 Å². The van der Waals surface area contributed by atoms with Gasteiger partial charge in [-0.15, -0.1) is 5.10 Å². The van der Waals surface area contributed by atoms with Crippen LogP contribution in [0.4, 0.5) is 11.8 Å². The number of aryl methyl sites for hydroxylation is 1. The SMILES string of the molecule is Cc1ccc(N2CCCC3(CCc4c3nc(N3CCOCC3)[nH]c4=O)C2)nn1. The maximum atomic E-state index is 12.8. The molecular formula is C20H26N6O2. The second kappa shape index (κ2) is 6.84. The van der Waals surface area contributed by atoms with Crippen LogP contribution >= 0.6 is 0 Å². The number of aromatic amines is 1. The largest absolute Gasteiger partial charge is 0.378 e. The van der Waals surface area contributed by atoms with Gasteiger partial charge in [0, 0.05) is 37.2 Å². The average molecular weight is 382 g/mol. The Bertz CT molecular complexity index is 921. The van der Waals surface area contributed by atoms with Crippen LogP contribution < -0.4 is 15.4 Å². The molecule has 0 aromatic carbocycles. The van der Waals surface area contributed by atoms with Crippen molar-refractivity contribution in [3.63, 3.8) is 0 Å². The number of H-pyrrole nitrogens is 1. The molecule has 4 heterocycles. The zero-order chi connectivity index (χ0) is 19.1. The normalized spacial score (nSPS) is 24.6. The van der Waals surface area contributed by atoms with Crippen LogP contribution in [0, 0.1) is 6.92 Å². The molecule has 1 unspecified atom stereocenters. The first-order valence-corrected chi connectivity index (χ1v) is 10.2. The first kappa shape index (κ1) is 17.6. The van der Waals surface area contributed by atoms with E-state index in [1.54, 1.807) is 0 Å². The molecule has 8 heteroatoms. The lowest BCUT2D eigenvalue weighted by molar-refractivity contribution is 0.122. The number of hydrogen-bond donors (Lipinski definition) is 1. The minimum atomic E-state index is -0.0740. The maximum absolute atomic E-state index is 12.8. The number of fused-ring (bicyclic) bond motifs is 2. The van der Waals surface area contributed by atoms with E-state index in [-0.39, 0.29) is 11.0 Å². The number of ether oxygens (including phenoxy) is 1. The zero-order valence-corrected chi connectivity index (χ0v) is 16.3. The maximum Gasteiger partial charge on any atom is 0.255 e. The van der Waals surface area contributed by atoms with Crippen LogP contribution in [0.15, 0.2) is 16.9 Å². The quantitative estimate of drug-likeness (QED) is 0.835. The van der Waals surface area contributed by atoms with Crippen molar-refractivity contribution in [2.24, 2.45) is 0 Å². The van der Waals surface area contributed by atoms with E-state index >= 15 is 0 Å². The summed E-state index contributed by atoms with van der Waals surface area (Å²) in [6.07, 6.45) is 3.90. The predicted octanol–water partition coefficient (Wildman–Crippen LogP) is 1.19. The van der Waals surface area contributed by atoms with Crippen molar-refractivity contribution < 1.29 is 4.74 Å². The molecule has 1 spiro atoms. The van der Waals surface area contributed by atoms with Crippen LogP contribution in [0.3, 0.4) is 0 Å². The number of nitrogens with one attached hydrogen (secondary N) is 1. The first-order chi connectivity index (χ1) is 13.6. The van der Waals surface area contributed by atoms with Crippen molar-refractivity contribution in [2.75, 3.05) is 49.2 Å². The van der Waals surface area contributed by atoms with Crippen molar-refractivity contribution in [1.82, 2.24) is 20.2 Å². The van der Waals surface area contributed by atoms with Crippen molar-refractivity contribution in [3.05, 3.63) is 39.4 Å². The Labute approximate surface area is 163 Å². The molecule has 2 aromatic rings. The predicted molar refractivity (Wildman–Crippen MR) is 106 cm³/mol. The van der Waals surface area contributed by atoms with Crippen molar-refractivity contribution in [1.29, 1.82) is 0 Å². The van der Waals surface area contributed by atoms with Gasteiger partial charge in [0.05, 0.1) is 24.6 Å². The highest BCUT2D eigenvalue weighted by Gasteiger charge is 2.45. The summed E-state index contributed by atoms with van der Waals surface area (Å²) in [6.45, 7) is 6.63. The summed E-state index contributed by atoms with van der Waals surface area (Å²) in [6, 6.07) is 4.05. The van der Waals surface area contributed by atoms with Crippen LogP contribution in [0.5, 0.6) is 0 Å². The van der Waals surface area contributed by atoms with Crippen LogP contribution in [-0.2, 0) is 16.6 Å². The highest BCUT2D eigenvalue weighted by atomic mass is 16.5. The van der Waals surface area contributed by atoms with E-state index < -0.39 is 0 Å². The standard InChI is InChI=1S/C20H26N6O2/c1-14-3-4-16(24-23-14)26-8-2-6-20(13-26)7-5-15-17(20)21-19(22-18(15)27)25-9-11-28-12-10-25/h3-4H,2,5-13H2,1H3,(H,21,22,27). The molecule has 28 heavy (non-hydrogen) atoms. The molecule has 1 atom stereocenters. The van der Waals surface area contributed by atoms with Gasteiger partial charge in [-0.1, -0.05) is 0 Å². The minimum Gasteiger partial charge on any atom is -0.378 e. The molecule has 0 radical (unpaired) electrons. The molecule has 0 amide bonds. The molecule has 3 aliphatic rings. The van der Waals surface area contributed by atoms with Gasteiger partial charge in [0.15, 0.2) is 5.82 Å². The number of aromatic nitrogens is 4. The molecule has 0 bridgehead atoms. The Morgan fingerprint density at radius 2 is 1.96 bits per heavy atom. The number of nitrogens with zero attached hydrogens (tertiary/aromatic N) is 5. The summed E-state index contributed by atoms with van der Waals surface area (Å²) in [5.41, 5.74) is 2.74. The van der Waals surface area contributed by atoms with Gasteiger partial charge < -0.3 is 14.5 Å². The Balaban J connectivity index is 1.49. The van der Waals surface area contributed by atoms with E-state index in [4.69, 9.17) is 9.72 Å². The van der Waals surface area contributed by atoms with E-state index in [0.717, 1.165) is 74.6 Å². The number of piperidine rings is 1. The first-order valence-electron chi connectivity index (χ1n) is 10.2. The third-order valence-electron chi connectivity index (χ3n) is 6.35. The molecular weight excluding hydrogens is 356 g/mol. The monoisotopic (exact) mass is 382 g/mol. The third-order valence-corrected chi connectivity index (χ3v) is 6.35. The number of anilines is 2. The molecule has 8 nitrogen and oxygen atoms in total. The summed E-state index contributed by atoms with van der Waals surface area (Å²) in [4.78, 5) is 25.3. The minimum absolute atomic E-state index is 0.0237. The van der Waals surface area contributed by atoms with Gasteiger partial charge >= 0.3 is 0 Å². The summed E-state index contributed by atoms with van der Waals surface area (Å²) < 4.78 is 5.44. The number of morpholine rings is 1. The summed E-state index contributed by atoms with van der Waals surface area (Å²) >= 11 is 0. The van der Waals surface area contributed by atoms with E-state index in [0.29, 0.717) is 19.2 Å².